The van der Waals surface area contributed by atoms with Crippen molar-refractivity contribution in [2.45, 2.75) is 13.0 Å². The molecule has 0 unspecified atom stereocenters. The molecule has 0 aliphatic carbocycles. The third-order valence-electron chi connectivity index (χ3n) is 3.15. The van der Waals surface area contributed by atoms with E-state index in [4.69, 9.17) is 14.2 Å². The maximum absolute atomic E-state index is 12.2. The molecule has 2 rings (SSSR count). The normalized spacial score (nSPS) is 11.4. The van der Waals surface area contributed by atoms with Crippen molar-refractivity contribution in [3.63, 3.8) is 0 Å². The Balaban J connectivity index is 1.85. The SMILES string of the molecule is COc1ccc(C(=O)[C@H](C)OC(=O)COc2ccccc2)cc1. The zero-order chi connectivity index (χ0) is 16.7. The molecule has 0 fully saturated rings. The van der Waals surface area contributed by atoms with Gasteiger partial charge in [-0.15, -0.1) is 0 Å². The maximum atomic E-state index is 12.2. The molecule has 1 atom stereocenters. The molecule has 23 heavy (non-hydrogen) atoms. The monoisotopic (exact) mass is 314 g/mol. The Kier molecular flexibility index (Phi) is 5.74. The van der Waals surface area contributed by atoms with Crippen molar-refractivity contribution in [1.29, 1.82) is 0 Å². The van der Waals surface area contributed by atoms with Gasteiger partial charge in [-0.3, -0.25) is 4.79 Å². The van der Waals surface area contributed by atoms with E-state index in [0.717, 1.165) is 0 Å². The van der Waals surface area contributed by atoms with Crippen LogP contribution in [0, 0.1) is 0 Å². The van der Waals surface area contributed by atoms with Crippen molar-refractivity contribution in [2.75, 3.05) is 13.7 Å². The predicted molar refractivity (Wildman–Crippen MR) is 84.8 cm³/mol. The molecule has 0 aliphatic heterocycles. The maximum Gasteiger partial charge on any atom is 0.344 e. The predicted octanol–water partition coefficient (Wildman–Crippen LogP) is 2.89. The first-order valence-electron chi connectivity index (χ1n) is 7.15. The van der Waals surface area contributed by atoms with Gasteiger partial charge in [0.1, 0.15) is 11.5 Å². The Morgan fingerprint density at radius 3 is 2.22 bits per heavy atom. The Hall–Kier alpha value is -2.82. The number of esters is 1. The highest BCUT2D eigenvalue weighted by molar-refractivity contribution is 6.00. The summed E-state index contributed by atoms with van der Waals surface area (Å²) in [5, 5.41) is 0. The first kappa shape index (κ1) is 16.5. The number of para-hydroxylation sites is 1. The fourth-order valence-corrected chi connectivity index (χ4v) is 1.93. The minimum atomic E-state index is -0.879. The van der Waals surface area contributed by atoms with Crippen molar-refractivity contribution in [1.82, 2.24) is 0 Å². The molecule has 0 saturated carbocycles. The van der Waals surface area contributed by atoms with Crippen molar-refractivity contribution in [2.24, 2.45) is 0 Å². The summed E-state index contributed by atoms with van der Waals surface area (Å²) in [7, 11) is 1.55. The van der Waals surface area contributed by atoms with E-state index >= 15 is 0 Å². The molecule has 5 nitrogen and oxygen atoms in total. The van der Waals surface area contributed by atoms with E-state index < -0.39 is 12.1 Å². The van der Waals surface area contributed by atoms with Gasteiger partial charge in [0.2, 0.25) is 5.78 Å². The molecule has 0 bridgehead atoms. The van der Waals surface area contributed by atoms with E-state index in [-0.39, 0.29) is 12.4 Å². The van der Waals surface area contributed by atoms with Crippen molar-refractivity contribution in [3.05, 3.63) is 60.2 Å². The van der Waals surface area contributed by atoms with E-state index in [1.807, 2.05) is 6.07 Å². The number of hydrogen-bond donors (Lipinski definition) is 0. The second-order valence-electron chi connectivity index (χ2n) is 4.83. The van der Waals surface area contributed by atoms with Crippen LogP contribution in [-0.4, -0.2) is 31.6 Å². The lowest BCUT2D eigenvalue weighted by atomic mass is 10.1. The molecule has 0 aromatic heterocycles. The molecular weight excluding hydrogens is 296 g/mol. The van der Waals surface area contributed by atoms with Gasteiger partial charge >= 0.3 is 5.97 Å². The van der Waals surface area contributed by atoms with Gasteiger partial charge in [0.25, 0.3) is 0 Å². The van der Waals surface area contributed by atoms with E-state index in [0.29, 0.717) is 17.1 Å². The number of rotatable bonds is 7. The summed E-state index contributed by atoms with van der Waals surface area (Å²) in [6.07, 6.45) is -0.879. The highest BCUT2D eigenvalue weighted by atomic mass is 16.6. The third kappa shape index (κ3) is 4.85. The molecule has 0 heterocycles. The Morgan fingerprint density at radius 1 is 0.957 bits per heavy atom. The van der Waals surface area contributed by atoms with Gasteiger partial charge in [-0.1, -0.05) is 18.2 Å². The molecular formula is C18H18O5. The topological polar surface area (TPSA) is 61.8 Å². The number of ketones is 1. The number of hydrogen-bond acceptors (Lipinski definition) is 5. The summed E-state index contributed by atoms with van der Waals surface area (Å²) < 4.78 is 15.4. The molecule has 0 amide bonds. The van der Waals surface area contributed by atoms with Crippen LogP contribution in [-0.2, 0) is 9.53 Å². The number of carbonyl (C=O) groups excluding carboxylic acids is 2. The zero-order valence-electron chi connectivity index (χ0n) is 13.0. The van der Waals surface area contributed by atoms with Gasteiger partial charge in [0, 0.05) is 5.56 Å². The minimum Gasteiger partial charge on any atom is -0.497 e. The fourth-order valence-electron chi connectivity index (χ4n) is 1.93. The molecule has 5 heteroatoms. The lowest BCUT2D eigenvalue weighted by molar-refractivity contribution is -0.148. The van der Waals surface area contributed by atoms with Gasteiger partial charge in [0.05, 0.1) is 7.11 Å². The molecule has 0 saturated heterocycles. The Labute approximate surface area is 134 Å². The van der Waals surface area contributed by atoms with Crippen molar-refractivity contribution in [3.8, 4) is 11.5 Å². The molecule has 0 aliphatic rings. The van der Waals surface area contributed by atoms with E-state index in [1.165, 1.54) is 6.92 Å². The molecule has 0 N–H and O–H groups in total. The lowest BCUT2D eigenvalue weighted by Gasteiger charge is -2.13. The summed E-state index contributed by atoms with van der Waals surface area (Å²) in [6, 6.07) is 15.5. The van der Waals surface area contributed by atoms with Crippen LogP contribution in [0.25, 0.3) is 0 Å². The average Bonchev–Trinajstić information content (AvgIpc) is 2.60. The van der Waals surface area contributed by atoms with E-state index in [1.54, 1.807) is 55.6 Å². The Bertz CT molecular complexity index is 649. The minimum absolute atomic E-state index is 0.246. The van der Waals surface area contributed by atoms with Gasteiger partial charge in [-0.2, -0.15) is 0 Å². The van der Waals surface area contributed by atoms with Crippen LogP contribution in [0.15, 0.2) is 54.6 Å². The van der Waals surface area contributed by atoms with E-state index in [9.17, 15) is 9.59 Å². The van der Waals surface area contributed by atoms with Crippen LogP contribution in [0.2, 0.25) is 0 Å². The fraction of sp³-hybridized carbons (Fsp3) is 0.222. The largest absolute Gasteiger partial charge is 0.497 e. The highest BCUT2D eigenvalue weighted by Crippen LogP contribution is 2.14. The summed E-state index contributed by atoms with van der Waals surface area (Å²) in [5.74, 6) is 0.352. The summed E-state index contributed by atoms with van der Waals surface area (Å²) in [6.45, 7) is 1.29. The number of carbonyl (C=O) groups is 2. The second kappa shape index (κ2) is 7.98. The molecule has 0 radical (unpaired) electrons. The number of Topliss-reactive ketones (excluding diaryl/α,β-unsaturated/α-hetero) is 1. The van der Waals surface area contributed by atoms with Gasteiger partial charge < -0.3 is 14.2 Å². The molecule has 0 spiro atoms. The highest BCUT2D eigenvalue weighted by Gasteiger charge is 2.19. The number of benzene rings is 2. The van der Waals surface area contributed by atoms with Crippen molar-refractivity contribution < 1.29 is 23.8 Å². The zero-order valence-corrected chi connectivity index (χ0v) is 13.0. The standard InChI is InChI=1S/C18H18O5/c1-13(18(20)14-8-10-15(21-2)11-9-14)23-17(19)12-22-16-6-4-3-5-7-16/h3-11,13H,12H2,1-2H3/t13-/m0/s1. The molecule has 120 valence electrons. The summed E-state index contributed by atoms with van der Waals surface area (Å²) in [4.78, 5) is 23.9. The smallest absolute Gasteiger partial charge is 0.344 e. The second-order valence-corrected chi connectivity index (χ2v) is 4.83. The van der Waals surface area contributed by atoms with Crippen LogP contribution in [0.1, 0.15) is 17.3 Å². The van der Waals surface area contributed by atoms with Crippen LogP contribution in [0.3, 0.4) is 0 Å². The van der Waals surface area contributed by atoms with E-state index in [2.05, 4.69) is 0 Å². The van der Waals surface area contributed by atoms with Crippen LogP contribution < -0.4 is 9.47 Å². The van der Waals surface area contributed by atoms with Crippen LogP contribution >= 0.6 is 0 Å². The summed E-state index contributed by atoms with van der Waals surface area (Å²) >= 11 is 0. The number of ether oxygens (including phenoxy) is 3. The molecule has 2 aromatic carbocycles. The van der Waals surface area contributed by atoms with Crippen LogP contribution in [0.5, 0.6) is 11.5 Å². The Morgan fingerprint density at radius 2 is 1.61 bits per heavy atom. The third-order valence-corrected chi connectivity index (χ3v) is 3.15. The average molecular weight is 314 g/mol. The van der Waals surface area contributed by atoms with Gasteiger partial charge in [0.15, 0.2) is 12.7 Å². The van der Waals surface area contributed by atoms with Gasteiger partial charge in [-0.25, -0.2) is 4.79 Å². The summed E-state index contributed by atoms with van der Waals surface area (Å²) in [5.41, 5.74) is 0.454. The first-order chi connectivity index (χ1) is 11.1. The first-order valence-corrected chi connectivity index (χ1v) is 7.15. The molecule has 2 aromatic rings. The van der Waals surface area contributed by atoms with Crippen molar-refractivity contribution >= 4 is 11.8 Å². The lowest BCUT2D eigenvalue weighted by Crippen LogP contribution is -2.27. The van der Waals surface area contributed by atoms with Gasteiger partial charge in [-0.05, 0) is 43.3 Å². The quantitative estimate of drug-likeness (QED) is 0.581. The number of methoxy groups -OCH3 is 1. The van der Waals surface area contributed by atoms with Crippen LogP contribution in [0.4, 0.5) is 0 Å².